The van der Waals surface area contributed by atoms with Crippen LogP contribution in [0.3, 0.4) is 0 Å². The van der Waals surface area contributed by atoms with Crippen LogP contribution in [0.1, 0.15) is 46.0 Å². The molecule has 0 aromatic carbocycles. The molecule has 0 spiro atoms. The molecule has 20 heavy (non-hydrogen) atoms. The van der Waals surface area contributed by atoms with Crippen LogP contribution >= 0.6 is 0 Å². The van der Waals surface area contributed by atoms with Crippen molar-refractivity contribution in [1.29, 1.82) is 0 Å². The first-order valence-corrected chi connectivity index (χ1v) is 8.46. The zero-order valence-corrected chi connectivity index (χ0v) is 12.8. The molecule has 2 bridgehead atoms. The van der Waals surface area contributed by atoms with Crippen molar-refractivity contribution in [2.24, 2.45) is 35.5 Å². The van der Waals surface area contributed by atoms with Gasteiger partial charge in [0.1, 0.15) is 6.61 Å². The molecule has 0 radical (unpaired) electrons. The average molecular weight is 280 g/mol. The van der Waals surface area contributed by atoms with Crippen molar-refractivity contribution in [2.45, 2.75) is 52.1 Å². The third-order valence-electron chi connectivity index (χ3n) is 6.45. The average Bonchev–Trinajstić information content (AvgIpc) is 3.12. The van der Waals surface area contributed by atoms with E-state index in [-0.39, 0.29) is 0 Å². The number of fused-ring (bicyclic) bond motifs is 5. The van der Waals surface area contributed by atoms with Gasteiger partial charge in [-0.15, -0.1) is 0 Å². The van der Waals surface area contributed by atoms with Crippen molar-refractivity contribution < 1.29 is 14.3 Å². The van der Waals surface area contributed by atoms with E-state index in [9.17, 15) is 4.79 Å². The quantitative estimate of drug-likeness (QED) is 0.530. The highest BCUT2D eigenvalue weighted by Gasteiger charge is 2.59. The van der Waals surface area contributed by atoms with E-state index in [2.05, 4.69) is 13.8 Å². The molecule has 0 N–H and O–H groups in total. The highest BCUT2D eigenvalue weighted by atomic mass is 16.5. The van der Waals surface area contributed by atoms with E-state index in [1.54, 1.807) is 0 Å². The molecule has 0 aliphatic heterocycles. The molecule has 3 nitrogen and oxygen atoms in total. The van der Waals surface area contributed by atoms with Gasteiger partial charge in [-0.1, -0.05) is 26.7 Å². The fraction of sp³-hybridized carbons (Fsp3) is 0.941. The van der Waals surface area contributed by atoms with Gasteiger partial charge >= 0.3 is 0 Å². The molecular weight excluding hydrogens is 252 g/mol. The van der Waals surface area contributed by atoms with Crippen LogP contribution in [0.5, 0.6) is 0 Å². The molecule has 3 saturated carbocycles. The van der Waals surface area contributed by atoms with Gasteiger partial charge in [0.25, 0.3) is 6.47 Å². The maximum atomic E-state index is 10.2. The Bertz CT molecular complexity index is 343. The Morgan fingerprint density at radius 3 is 2.60 bits per heavy atom. The summed E-state index contributed by atoms with van der Waals surface area (Å²) in [5, 5.41) is 0. The molecule has 0 amide bonds. The lowest BCUT2D eigenvalue weighted by Gasteiger charge is -2.34. The summed E-state index contributed by atoms with van der Waals surface area (Å²) >= 11 is 0. The Morgan fingerprint density at radius 2 is 1.90 bits per heavy atom. The van der Waals surface area contributed by atoms with Gasteiger partial charge in [-0.05, 0) is 54.8 Å². The van der Waals surface area contributed by atoms with Crippen molar-refractivity contribution in [3.63, 3.8) is 0 Å². The van der Waals surface area contributed by atoms with Crippen LogP contribution in [-0.4, -0.2) is 25.8 Å². The lowest BCUT2D eigenvalue weighted by molar-refractivity contribution is -0.131. The Balaban J connectivity index is 1.60. The van der Waals surface area contributed by atoms with Crippen molar-refractivity contribution in [1.82, 2.24) is 0 Å². The SMILES string of the molecule is CCC1CC2C3CC(OCCOC=O)C(C3)C2C1CC. The minimum atomic E-state index is 0.403. The maximum absolute atomic E-state index is 10.2. The zero-order valence-electron chi connectivity index (χ0n) is 12.8. The molecule has 114 valence electrons. The molecule has 0 heterocycles. The smallest absolute Gasteiger partial charge is 0.293 e. The van der Waals surface area contributed by atoms with E-state index in [1.807, 2.05) is 0 Å². The monoisotopic (exact) mass is 280 g/mol. The summed E-state index contributed by atoms with van der Waals surface area (Å²) in [6.07, 6.45) is 7.23. The second kappa shape index (κ2) is 6.05. The Hall–Kier alpha value is -0.570. The number of hydrogen-bond donors (Lipinski definition) is 0. The Labute approximate surface area is 122 Å². The van der Waals surface area contributed by atoms with Gasteiger partial charge in [0, 0.05) is 0 Å². The van der Waals surface area contributed by atoms with Crippen LogP contribution in [0.15, 0.2) is 0 Å². The van der Waals surface area contributed by atoms with E-state index in [0.717, 1.165) is 35.5 Å². The summed E-state index contributed by atoms with van der Waals surface area (Å²) in [5.41, 5.74) is 0. The molecule has 3 aliphatic carbocycles. The Kier molecular flexibility index (Phi) is 4.34. The number of ether oxygens (including phenoxy) is 2. The highest BCUT2D eigenvalue weighted by Crippen LogP contribution is 2.63. The van der Waals surface area contributed by atoms with Gasteiger partial charge in [-0.3, -0.25) is 4.79 Å². The second-order valence-electron chi connectivity index (χ2n) is 6.99. The molecule has 3 rings (SSSR count). The summed E-state index contributed by atoms with van der Waals surface area (Å²) in [6.45, 7) is 6.21. The molecule has 3 aliphatic rings. The molecule has 3 heteroatoms. The van der Waals surface area contributed by atoms with Crippen LogP contribution in [-0.2, 0) is 14.3 Å². The minimum absolute atomic E-state index is 0.403. The van der Waals surface area contributed by atoms with E-state index in [0.29, 0.717) is 25.8 Å². The van der Waals surface area contributed by atoms with E-state index >= 15 is 0 Å². The summed E-state index contributed by atoms with van der Waals surface area (Å²) < 4.78 is 10.8. The minimum Gasteiger partial charge on any atom is -0.465 e. The van der Waals surface area contributed by atoms with Gasteiger partial charge in [-0.25, -0.2) is 0 Å². The molecule has 0 saturated heterocycles. The van der Waals surface area contributed by atoms with Crippen LogP contribution in [0.2, 0.25) is 0 Å². The second-order valence-corrected chi connectivity index (χ2v) is 6.99. The predicted molar refractivity (Wildman–Crippen MR) is 77.1 cm³/mol. The fourth-order valence-electron chi connectivity index (χ4n) is 5.84. The third-order valence-corrected chi connectivity index (χ3v) is 6.45. The first kappa shape index (κ1) is 14.4. The normalized spacial score (nSPS) is 45.6. The van der Waals surface area contributed by atoms with Crippen LogP contribution in [0, 0.1) is 35.5 Å². The van der Waals surface area contributed by atoms with E-state index in [4.69, 9.17) is 9.47 Å². The lowest BCUT2D eigenvalue weighted by Crippen LogP contribution is -2.34. The first-order valence-electron chi connectivity index (χ1n) is 8.46. The van der Waals surface area contributed by atoms with Gasteiger partial charge in [0.05, 0.1) is 12.7 Å². The summed E-state index contributed by atoms with van der Waals surface area (Å²) in [7, 11) is 0. The van der Waals surface area contributed by atoms with E-state index in [1.165, 1.54) is 32.1 Å². The van der Waals surface area contributed by atoms with Gasteiger partial charge < -0.3 is 9.47 Å². The third kappa shape index (κ3) is 2.28. The number of hydrogen-bond acceptors (Lipinski definition) is 3. The van der Waals surface area contributed by atoms with Crippen LogP contribution in [0.4, 0.5) is 0 Å². The predicted octanol–water partition coefficient (Wildman–Crippen LogP) is 3.27. The maximum Gasteiger partial charge on any atom is 0.293 e. The molecule has 3 fully saturated rings. The standard InChI is InChI=1S/C17H28O3/c1-3-11-7-14-12-8-15(17(14)13(11)4-2)16(9-12)20-6-5-19-10-18/h10-17H,3-9H2,1-2H3. The fourth-order valence-corrected chi connectivity index (χ4v) is 5.84. The molecule has 0 aromatic rings. The largest absolute Gasteiger partial charge is 0.465 e. The first-order chi connectivity index (χ1) is 9.80. The number of rotatable bonds is 7. The highest BCUT2D eigenvalue weighted by molar-refractivity contribution is 5.36. The molecule has 7 atom stereocenters. The van der Waals surface area contributed by atoms with E-state index < -0.39 is 0 Å². The lowest BCUT2D eigenvalue weighted by atomic mass is 9.75. The summed E-state index contributed by atoms with van der Waals surface area (Å²) in [4.78, 5) is 10.2. The zero-order chi connectivity index (χ0) is 14.1. The van der Waals surface area contributed by atoms with Crippen molar-refractivity contribution in [3.8, 4) is 0 Å². The van der Waals surface area contributed by atoms with Crippen molar-refractivity contribution in [2.75, 3.05) is 13.2 Å². The van der Waals surface area contributed by atoms with Crippen LogP contribution in [0.25, 0.3) is 0 Å². The van der Waals surface area contributed by atoms with Crippen molar-refractivity contribution >= 4 is 6.47 Å². The molecule has 7 unspecified atom stereocenters. The molecule has 0 aromatic heterocycles. The summed E-state index contributed by atoms with van der Waals surface area (Å²) in [6, 6.07) is 0. The summed E-state index contributed by atoms with van der Waals surface area (Å²) in [5.74, 6) is 5.48. The van der Waals surface area contributed by atoms with Crippen LogP contribution < -0.4 is 0 Å². The van der Waals surface area contributed by atoms with Gasteiger partial charge in [0.2, 0.25) is 0 Å². The molecular formula is C17H28O3. The number of carbonyl (C=O) groups is 1. The Morgan fingerprint density at radius 1 is 1.05 bits per heavy atom. The van der Waals surface area contributed by atoms with Gasteiger partial charge in [0.15, 0.2) is 0 Å². The van der Waals surface area contributed by atoms with Gasteiger partial charge in [-0.2, -0.15) is 0 Å². The number of carbonyl (C=O) groups excluding carboxylic acids is 1. The van der Waals surface area contributed by atoms with Crippen molar-refractivity contribution in [3.05, 3.63) is 0 Å². The topological polar surface area (TPSA) is 35.5 Å².